The Bertz CT molecular complexity index is 882. The van der Waals surface area contributed by atoms with Crippen molar-refractivity contribution in [3.05, 3.63) is 64.7 Å². The minimum atomic E-state index is -4.72. The average molecular weight is 382 g/mol. The molecule has 0 amide bonds. The number of fused-ring (bicyclic) bond motifs is 3. The smallest absolute Gasteiger partial charge is 0.508 e. The number of rotatable bonds is 2. The van der Waals surface area contributed by atoms with E-state index in [1.54, 1.807) is 18.2 Å². The van der Waals surface area contributed by atoms with Crippen LogP contribution in [0.4, 0.5) is 18.9 Å². The van der Waals surface area contributed by atoms with E-state index in [0.29, 0.717) is 5.02 Å². The Labute approximate surface area is 153 Å². The van der Waals surface area contributed by atoms with Gasteiger partial charge in [-0.15, -0.1) is 13.2 Å². The summed E-state index contributed by atoms with van der Waals surface area (Å²) < 4.78 is 41.6. The number of halogens is 4. The van der Waals surface area contributed by atoms with E-state index in [1.807, 2.05) is 12.2 Å². The minimum absolute atomic E-state index is 0.0297. The highest BCUT2D eigenvalue weighted by molar-refractivity contribution is 6.31. The molecule has 0 fully saturated rings. The third kappa shape index (κ3) is 3.09. The first-order valence-electron chi connectivity index (χ1n) is 8.13. The summed E-state index contributed by atoms with van der Waals surface area (Å²) in [7, 11) is 0. The van der Waals surface area contributed by atoms with E-state index in [9.17, 15) is 18.3 Å². The molecule has 0 unspecified atom stereocenters. The van der Waals surface area contributed by atoms with Crippen molar-refractivity contribution < 1.29 is 23.0 Å². The first-order valence-corrected chi connectivity index (χ1v) is 8.51. The highest BCUT2D eigenvalue weighted by Gasteiger charge is 2.39. The van der Waals surface area contributed by atoms with Crippen LogP contribution in [-0.2, 0) is 0 Å². The van der Waals surface area contributed by atoms with Crippen LogP contribution in [0, 0.1) is 5.92 Å². The van der Waals surface area contributed by atoms with Crippen LogP contribution in [0.15, 0.2) is 48.6 Å². The zero-order valence-electron chi connectivity index (χ0n) is 13.4. The first kappa shape index (κ1) is 17.1. The first-order chi connectivity index (χ1) is 12.3. The van der Waals surface area contributed by atoms with Crippen LogP contribution in [0.2, 0.25) is 5.02 Å². The van der Waals surface area contributed by atoms with Crippen molar-refractivity contribution in [1.29, 1.82) is 0 Å². The van der Waals surface area contributed by atoms with Crippen LogP contribution in [0.1, 0.15) is 29.5 Å². The van der Waals surface area contributed by atoms with Gasteiger partial charge in [0.1, 0.15) is 11.5 Å². The highest BCUT2D eigenvalue weighted by atomic mass is 35.5. The molecule has 26 heavy (non-hydrogen) atoms. The van der Waals surface area contributed by atoms with Gasteiger partial charge in [-0.1, -0.05) is 29.8 Å². The number of hydrogen-bond donors (Lipinski definition) is 2. The third-order valence-electron chi connectivity index (χ3n) is 4.89. The Morgan fingerprint density at radius 1 is 1.12 bits per heavy atom. The summed E-state index contributed by atoms with van der Waals surface area (Å²) in [4.78, 5) is 0. The molecular weight excluding hydrogens is 367 g/mol. The molecule has 0 saturated carbocycles. The molecule has 0 spiro atoms. The summed E-state index contributed by atoms with van der Waals surface area (Å²) in [5.41, 5.74) is 2.38. The van der Waals surface area contributed by atoms with Gasteiger partial charge in [0.2, 0.25) is 0 Å². The summed E-state index contributed by atoms with van der Waals surface area (Å²) in [6, 6.07) is 9.08. The van der Waals surface area contributed by atoms with Gasteiger partial charge in [-0.2, -0.15) is 0 Å². The Morgan fingerprint density at radius 2 is 1.92 bits per heavy atom. The van der Waals surface area contributed by atoms with Crippen molar-refractivity contribution in [3.63, 3.8) is 0 Å². The normalized spacial score (nSPS) is 23.9. The van der Waals surface area contributed by atoms with Crippen molar-refractivity contribution in [3.8, 4) is 11.5 Å². The zero-order valence-corrected chi connectivity index (χ0v) is 14.2. The average Bonchev–Trinajstić information content (AvgIpc) is 3.03. The molecule has 3 nitrogen and oxygen atoms in total. The fourth-order valence-electron chi connectivity index (χ4n) is 3.85. The number of anilines is 1. The van der Waals surface area contributed by atoms with Gasteiger partial charge < -0.3 is 15.2 Å². The van der Waals surface area contributed by atoms with Crippen LogP contribution in [0.25, 0.3) is 0 Å². The number of ether oxygens (including phenoxy) is 1. The van der Waals surface area contributed by atoms with Gasteiger partial charge in [-0.25, -0.2) is 0 Å². The van der Waals surface area contributed by atoms with Crippen molar-refractivity contribution in [2.75, 3.05) is 5.32 Å². The summed E-state index contributed by atoms with van der Waals surface area (Å²) in [6.45, 7) is 0. The Hall–Kier alpha value is -2.34. The van der Waals surface area contributed by atoms with E-state index < -0.39 is 6.36 Å². The molecule has 1 aliphatic carbocycles. The summed E-state index contributed by atoms with van der Waals surface area (Å²) >= 11 is 6.31. The van der Waals surface area contributed by atoms with Crippen LogP contribution in [0.5, 0.6) is 11.5 Å². The molecule has 0 bridgehead atoms. The largest absolute Gasteiger partial charge is 0.573 e. The maximum atomic E-state index is 12.5. The van der Waals surface area contributed by atoms with Crippen molar-refractivity contribution in [2.45, 2.75) is 24.7 Å². The van der Waals surface area contributed by atoms with E-state index in [0.717, 1.165) is 23.2 Å². The molecule has 2 aromatic carbocycles. The summed E-state index contributed by atoms with van der Waals surface area (Å²) in [6.07, 6.45) is 0.112. The number of phenolic OH excluding ortho intramolecular Hbond substituents is 1. The number of allylic oxidation sites excluding steroid dienone is 2. The predicted octanol–water partition coefficient (Wildman–Crippen LogP) is 5.77. The number of alkyl halides is 3. The van der Waals surface area contributed by atoms with Gasteiger partial charge in [0, 0.05) is 16.6 Å². The van der Waals surface area contributed by atoms with Crippen LogP contribution in [0.3, 0.4) is 0 Å². The predicted molar refractivity (Wildman–Crippen MR) is 92.6 cm³/mol. The third-order valence-corrected chi connectivity index (χ3v) is 5.21. The Balaban J connectivity index is 1.72. The second-order valence-electron chi connectivity index (χ2n) is 6.48. The van der Waals surface area contributed by atoms with Crippen molar-refractivity contribution >= 4 is 17.3 Å². The molecule has 4 rings (SSSR count). The van der Waals surface area contributed by atoms with E-state index in [4.69, 9.17) is 11.6 Å². The standard InChI is InChI=1S/C19H15ClF3NO2/c20-16-8-10(25)4-6-14(16)18-13-3-1-2-12(13)15-9-11(26-19(21,22)23)5-7-17(15)24-18/h1-2,4-9,12-13,18,24-25H,3H2/t12-,13+,18+/m0/s1. The van der Waals surface area contributed by atoms with Crippen LogP contribution >= 0.6 is 11.6 Å². The Kier molecular flexibility index (Phi) is 4.03. The SMILES string of the molecule is Oc1ccc([C@@H]2Nc3ccc(OC(F)(F)F)cc3[C@H]3C=CC[C@H]32)c(Cl)c1. The second-order valence-corrected chi connectivity index (χ2v) is 6.89. The quantitative estimate of drug-likeness (QED) is 0.649. The van der Waals surface area contributed by atoms with E-state index >= 15 is 0 Å². The van der Waals surface area contributed by atoms with Crippen LogP contribution in [-0.4, -0.2) is 11.5 Å². The van der Waals surface area contributed by atoms with Gasteiger partial charge in [0.15, 0.2) is 0 Å². The van der Waals surface area contributed by atoms with E-state index in [1.165, 1.54) is 18.2 Å². The summed E-state index contributed by atoms with van der Waals surface area (Å²) in [5.74, 6) is -0.0493. The van der Waals surface area contributed by atoms with E-state index in [2.05, 4.69) is 10.1 Å². The fraction of sp³-hybridized carbons (Fsp3) is 0.263. The lowest BCUT2D eigenvalue weighted by Gasteiger charge is -2.38. The molecule has 3 atom stereocenters. The lowest BCUT2D eigenvalue weighted by atomic mass is 9.77. The molecule has 0 saturated heterocycles. The summed E-state index contributed by atoms with van der Waals surface area (Å²) in [5, 5.41) is 13.4. The van der Waals surface area contributed by atoms with E-state index in [-0.39, 0.29) is 29.4 Å². The molecule has 2 aliphatic rings. The fourth-order valence-corrected chi connectivity index (χ4v) is 4.14. The highest BCUT2D eigenvalue weighted by Crippen LogP contribution is 2.51. The number of phenols is 1. The molecule has 1 heterocycles. The van der Waals surface area contributed by atoms with Crippen molar-refractivity contribution in [1.82, 2.24) is 0 Å². The maximum absolute atomic E-state index is 12.5. The van der Waals surface area contributed by atoms with Gasteiger partial charge in [0.25, 0.3) is 0 Å². The molecule has 0 aromatic heterocycles. The van der Waals surface area contributed by atoms with Crippen LogP contribution < -0.4 is 10.1 Å². The molecular formula is C19H15ClF3NO2. The van der Waals surface area contributed by atoms with Crippen molar-refractivity contribution in [2.24, 2.45) is 5.92 Å². The van der Waals surface area contributed by atoms with Gasteiger partial charge in [0.05, 0.1) is 6.04 Å². The number of hydrogen-bond acceptors (Lipinski definition) is 3. The van der Waals surface area contributed by atoms with Gasteiger partial charge in [-0.3, -0.25) is 0 Å². The molecule has 7 heteroatoms. The molecule has 2 N–H and O–H groups in total. The number of nitrogens with one attached hydrogen (secondary N) is 1. The monoisotopic (exact) mass is 381 g/mol. The number of aromatic hydroxyl groups is 1. The molecule has 1 aliphatic heterocycles. The molecule has 136 valence electrons. The second kappa shape index (κ2) is 6.13. The lowest BCUT2D eigenvalue weighted by Crippen LogP contribution is -2.29. The Morgan fingerprint density at radius 3 is 2.65 bits per heavy atom. The van der Waals surface area contributed by atoms with Gasteiger partial charge >= 0.3 is 6.36 Å². The lowest BCUT2D eigenvalue weighted by molar-refractivity contribution is -0.274. The maximum Gasteiger partial charge on any atom is 0.573 e. The topological polar surface area (TPSA) is 41.5 Å². The molecule has 0 radical (unpaired) electrons. The minimum Gasteiger partial charge on any atom is -0.508 e. The van der Waals surface area contributed by atoms with Gasteiger partial charge in [-0.05, 0) is 53.8 Å². The number of benzene rings is 2. The zero-order chi connectivity index (χ0) is 18.5. The molecule has 2 aromatic rings.